The van der Waals surface area contributed by atoms with Gasteiger partial charge in [0.1, 0.15) is 0 Å². The molecule has 0 heterocycles. The van der Waals surface area contributed by atoms with Crippen LogP contribution in [-0.4, -0.2) is 12.6 Å². The summed E-state index contributed by atoms with van der Waals surface area (Å²) in [6.45, 7) is 11.7. The van der Waals surface area contributed by atoms with Crippen LogP contribution in [0, 0.1) is 5.92 Å². The van der Waals surface area contributed by atoms with Crippen LogP contribution in [-0.2, 0) is 9.53 Å². The molecule has 0 fully saturated rings. The van der Waals surface area contributed by atoms with Crippen LogP contribution < -0.4 is 0 Å². The maximum absolute atomic E-state index is 11.9. The first kappa shape index (κ1) is 31.9. The van der Waals surface area contributed by atoms with Crippen molar-refractivity contribution < 1.29 is 9.53 Å². The van der Waals surface area contributed by atoms with Gasteiger partial charge in [-0.3, -0.25) is 4.79 Å². The highest BCUT2D eigenvalue weighted by Gasteiger charge is 2.06. The average Bonchev–Trinajstić information content (AvgIpc) is 2.76. The smallest absolute Gasteiger partial charge is 0.305 e. The molecule has 0 aliphatic rings. The van der Waals surface area contributed by atoms with Crippen LogP contribution >= 0.6 is 0 Å². The first-order valence-corrected chi connectivity index (χ1v) is 14.4. The summed E-state index contributed by atoms with van der Waals surface area (Å²) in [5.74, 6) is 0.608. The first-order valence-electron chi connectivity index (χ1n) is 14.4. The Morgan fingerprint density at radius 2 is 1.24 bits per heavy atom. The van der Waals surface area contributed by atoms with Crippen molar-refractivity contribution in [3.8, 4) is 0 Å². The second-order valence-electron chi connectivity index (χ2n) is 10.6. The summed E-state index contributed by atoms with van der Waals surface area (Å²) in [4.78, 5) is 11.9. The number of allylic oxidation sites excluding steroid dienone is 4. The van der Waals surface area contributed by atoms with Gasteiger partial charge in [0.25, 0.3) is 0 Å². The largest absolute Gasteiger partial charge is 0.466 e. The van der Waals surface area contributed by atoms with Gasteiger partial charge in [-0.05, 0) is 65.2 Å². The molecule has 0 rings (SSSR count). The van der Waals surface area contributed by atoms with Crippen molar-refractivity contribution in [1.82, 2.24) is 0 Å². The van der Waals surface area contributed by atoms with Crippen LogP contribution in [0.5, 0.6) is 0 Å². The van der Waals surface area contributed by atoms with Crippen LogP contribution in [0.1, 0.15) is 157 Å². The third-order valence-electron chi connectivity index (χ3n) is 6.60. The number of esters is 1. The van der Waals surface area contributed by atoms with Crippen molar-refractivity contribution in [3.05, 3.63) is 23.3 Å². The average molecular weight is 463 g/mol. The summed E-state index contributed by atoms with van der Waals surface area (Å²) in [5, 5.41) is 0. The SMILES string of the molecule is CCCCCCCCCCCCCCCC(=O)OCCC(C)CCC=C(C)CCC=C(C)C. The number of hydrogen-bond acceptors (Lipinski definition) is 2. The molecule has 194 valence electrons. The van der Waals surface area contributed by atoms with Crippen LogP contribution in [0.15, 0.2) is 23.3 Å². The molecular weight excluding hydrogens is 404 g/mol. The Morgan fingerprint density at radius 1 is 0.697 bits per heavy atom. The third kappa shape index (κ3) is 25.4. The van der Waals surface area contributed by atoms with Gasteiger partial charge in [0, 0.05) is 6.42 Å². The molecule has 2 heteroatoms. The molecule has 0 spiro atoms. The zero-order chi connectivity index (χ0) is 24.6. The molecule has 0 N–H and O–H groups in total. The molecule has 0 bridgehead atoms. The van der Waals surface area contributed by atoms with Gasteiger partial charge in [-0.15, -0.1) is 0 Å². The maximum atomic E-state index is 11.9. The van der Waals surface area contributed by atoms with Gasteiger partial charge in [0.05, 0.1) is 6.61 Å². The topological polar surface area (TPSA) is 26.3 Å². The predicted octanol–water partition coefficient (Wildman–Crippen LogP) is 10.5. The lowest BCUT2D eigenvalue weighted by Gasteiger charge is -2.11. The molecule has 1 atom stereocenters. The molecule has 0 aromatic carbocycles. The Labute approximate surface area is 208 Å². The van der Waals surface area contributed by atoms with Gasteiger partial charge in [0.15, 0.2) is 0 Å². The Bertz CT molecular complexity index is 499. The summed E-state index contributed by atoms with van der Waals surface area (Å²) in [7, 11) is 0. The van der Waals surface area contributed by atoms with Crippen LogP contribution in [0.3, 0.4) is 0 Å². The number of ether oxygens (including phenoxy) is 1. The van der Waals surface area contributed by atoms with Gasteiger partial charge in [-0.25, -0.2) is 0 Å². The zero-order valence-electron chi connectivity index (χ0n) is 23.2. The van der Waals surface area contributed by atoms with E-state index < -0.39 is 0 Å². The summed E-state index contributed by atoms with van der Waals surface area (Å²) in [6, 6.07) is 0. The number of unbranched alkanes of at least 4 members (excludes halogenated alkanes) is 12. The van der Waals surface area contributed by atoms with Gasteiger partial charge in [-0.1, -0.05) is 114 Å². The number of hydrogen-bond donors (Lipinski definition) is 0. The van der Waals surface area contributed by atoms with E-state index in [0.717, 1.165) is 32.1 Å². The normalized spacial score (nSPS) is 12.6. The molecule has 33 heavy (non-hydrogen) atoms. The van der Waals surface area contributed by atoms with Crippen molar-refractivity contribution in [1.29, 1.82) is 0 Å². The molecule has 0 aromatic heterocycles. The van der Waals surface area contributed by atoms with E-state index in [9.17, 15) is 4.79 Å². The summed E-state index contributed by atoms with van der Waals surface area (Å²) < 4.78 is 5.46. The predicted molar refractivity (Wildman–Crippen MR) is 147 cm³/mol. The van der Waals surface area contributed by atoms with Gasteiger partial charge in [-0.2, -0.15) is 0 Å². The fourth-order valence-electron chi connectivity index (χ4n) is 4.18. The third-order valence-corrected chi connectivity index (χ3v) is 6.60. The minimum Gasteiger partial charge on any atom is -0.466 e. The van der Waals surface area contributed by atoms with Crippen LogP contribution in [0.25, 0.3) is 0 Å². The Balaban J connectivity index is 3.47. The molecule has 0 saturated heterocycles. The summed E-state index contributed by atoms with van der Waals surface area (Å²) in [6.07, 6.45) is 28.2. The molecule has 0 saturated carbocycles. The van der Waals surface area contributed by atoms with E-state index in [1.165, 1.54) is 94.6 Å². The van der Waals surface area contributed by atoms with E-state index >= 15 is 0 Å². The molecule has 0 radical (unpaired) electrons. The number of carbonyl (C=O) groups is 1. The maximum Gasteiger partial charge on any atom is 0.305 e. The van der Waals surface area contributed by atoms with Crippen molar-refractivity contribution in [2.45, 2.75) is 157 Å². The number of rotatable bonds is 23. The molecule has 2 nitrogen and oxygen atoms in total. The highest BCUT2D eigenvalue weighted by atomic mass is 16.5. The molecule has 0 aliphatic heterocycles. The van der Waals surface area contributed by atoms with E-state index in [2.05, 4.69) is 46.8 Å². The molecule has 1 unspecified atom stereocenters. The summed E-state index contributed by atoms with van der Waals surface area (Å²) >= 11 is 0. The van der Waals surface area contributed by atoms with Crippen molar-refractivity contribution in [2.75, 3.05) is 6.61 Å². The monoisotopic (exact) mass is 462 g/mol. The lowest BCUT2D eigenvalue weighted by Crippen LogP contribution is -2.08. The quantitative estimate of drug-likeness (QED) is 0.0857. The number of carbonyl (C=O) groups excluding carboxylic acids is 1. The van der Waals surface area contributed by atoms with Gasteiger partial charge >= 0.3 is 5.97 Å². The molecule has 0 aromatic rings. The second kappa shape index (κ2) is 24.1. The second-order valence-corrected chi connectivity index (χ2v) is 10.6. The van der Waals surface area contributed by atoms with Gasteiger partial charge < -0.3 is 4.74 Å². The van der Waals surface area contributed by atoms with E-state index in [1.807, 2.05) is 0 Å². The Hall–Kier alpha value is -1.05. The van der Waals surface area contributed by atoms with Crippen LogP contribution in [0.4, 0.5) is 0 Å². The van der Waals surface area contributed by atoms with E-state index in [4.69, 9.17) is 4.74 Å². The molecule has 0 amide bonds. The fraction of sp³-hybridized carbons (Fsp3) is 0.839. The lowest BCUT2D eigenvalue weighted by molar-refractivity contribution is -0.144. The highest BCUT2D eigenvalue weighted by molar-refractivity contribution is 5.69. The van der Waals surface area contributed by atoms with Crippen molar-refractivity contribution in [3.63, 3.8) is 0 Å². The van der Waals surface area contributed by atoms with E-state index in [-0.39, 0.29) is 5.97 Å². The zero-order valence-corrected chi connectivity index (χ0v) is 23.2. The van der Waals surface area contributed by atoms with E-state index in [0.29, 0.717) is 18.9 Å². The van der Waals surface area contributed by atoms with Crippen LogP contribution in [0.2, 0.25) is 0 Å². The standard InChI is InChI=1S/C31H58O2/c1-6-7-8-9-10-11-12-13-14-15-16-17-18-25-31(32)33-27-26-30(5)24-20-23-29(4)22-19-21-28(2)3/h21,23,30H,6-20,22,24-27H2,1-5H3. The lowest BCUT2D eigenvalue weighted by atomic mass is 10.0. The van der Waals surface area contributed by atoms with Crippen molar-refractivity contribution >= 4 is 5.97 Å². The highest BCUT2D eigenvalue weighted by Crippen LogP contribution is 2.15. The van der Waals surface area contributed by atoms with Gasteiger partial charge in [0.2, 0.25) is 0 Å². The fourth-order valence-corrected chi connectivity index (χ4v) is 4.18. The van der Waals surface area contributed by atoms with E-state index in [1.54, 1.807) is 0 Å². The minimum absolute atomic E-state index is 0.000264. The Morgan fingerprint density at radius 3 is 1.79 bits per heavy atom. The minimum atomic E-state index is 0.000264. The molecular formula is C31H58O2. The summed E-state index contributed by atoms with van der Waals surface area (Å²) in [5.41, 5.74) is 2.89. The Kier molecular flexibility index (Phi) is 23.3. The molecule has 0 aliphatic carbocycles. The van der Waals surface area contributed by atoms with Crippen molar-refractivity contribution in [2.24, 2.45) is 5.92 Å². The first-order chi connectivity index (χ1) is 16.0.